The van der Waals surface area contributed by atoms with E-state index in [-0.39, 0.29) is 17.2 Å². The molecule has 0 bridgehead atoms. The summed E-state index contributed by atoms with van der Waals surface area (Å²) in [4.78, 5) is 28.3. The summed E-state index contributed by atoms with van der Waals surface area (Å²) in [5.74, 6) is 0.372. The van der Waals surface area contributed by atoms with Gasteiger partial charge in [0.1, 0.15) is 17.0 Å². The van der Waals surface area contributed by atoms with E-state index < -0.39 is 22.6 Å². The van der Waals surface area contributed by atoms with Gasteiger partial charge >= 0.3 is 0 Å². The number of fused-ring (bicyclic) bond motifs is 2. The first-order chi connectivity index (χ1) is 16.6. The minimum atomic E-state index is -1.08. The fourth-order valence-corrected chi connectivity index (χ4v) is 6.96. The lowest BCUT2D eigenvalue weighted by Crippen LogP contribution is -2.58. The van der Waals surface area contributed by atoms with Crippen molar-refractivity contribution in [2.45, 2.75) is 88.6 Å². The minimum Gasteiger partial charge on any atom is -0.343 e. The zero-order valence-electron chi connectivity index (χ0n) is 21.6. The standard InChI is InChI=1S/C27H42N4O3S/c1-26(2,28)25(33)29-22(14-13-20-9-5-4-6-10-20)24(32)30-17-15-27(16-18-30)19-31(35(3)34)23-12-8-7-11-21(23)27/h7-8,11-12,20,22H,4-6,9-10,13-19,28H2,1-3H3,(H,29,33)/t22-,35?/m1/s1. The quantitative estimate of drug-likeness (QED) is 0.598. The van der Waals surface area contributed by atoms with E-state index >= 15 is 0 Å². The van der Waals surface area contributed by atoms with Crippen LogP contribution in [0.4, 0.5) is 5.69 Å². The third-order valence-corrected chi connectivity index (χ3v) is 9.26. The topological polar surface area (TPSA) is 95.7 Å². The number of carbonyl (C=O) groups is 2. The number of piperidine rings is 1. The van der Waals surface area contributed by atoms with Crippen molar-refractivity contribution >= 4 is 28.5 Å². The van der Waals surface area contributed by atoms with Crippen molar-refractivity contribution in [1.82, 2.24) is 10.2 Å². The molecule has 8 heteroatoms. The molecule has 2 atom stereocenters. The van der Waals surface area contributed by atoms with E-state index in [0.717, 1.165) is 31.5 Å². The molecule has 1 aromatic rings. The Bertz CT molecular complexity index is 946. The molecule has 1 spiro atoms. The van der Waals surface area contributed by atoms with Gasteiger partial charge in [-0.3, -0.25) is 13.9 Å². The van der Waals surface area contributed by atoms with Gasteiger partial charge in [-0.25, -0.2) is 4.21 Å². The zero-order valence-corrected chi connectivity index (χ0v) is 22.4. The molecule has 1 aliphatic carbocycles. The number of likely N-dealkylation sites (tertiary alicyclic amines) is 1. The van der Waals surface area contributed by atoms with E-state index in [2.05, 4.69) is 17.4 Å². The summed E-state index contributed by atoms with van der Waals surface area (Å²) in [6.07, 6.45) is 11.3. The van der Waals surface area contributed by atoms with Crippen LogP contribution in [0.1, 0.15) is 77.2 Å². The van der Waals surface area contributed by atoms with Crippen LogP contribution in [-0.2, 0) is 26.0 Å². The molecule has 1 saturated carbocycles. The number of benzene rings is 1. The molecule has 35 heavy (non-hydrogen) atoms. The van der Waals surface area contributed by atoms with Gasteiger partial charge in [-0.2, -0.15) is 0 Å². The first kappa shape index (κ1) is 26.1. The second kappa shape index (κ2) is 10.6. The highest BCUT2D eigenvalue weighted by Gasteiger charge is 2.46. The van der Waals surface area contributed by atoms with Crippen LogP contribution in [0.15, 0.2) is 24.3 Å². The van der Waals surface area contributed by atoms with Gasteiger partial charge in [-0.15, -0.1) is 0 Å². The van der Waals surface area contributed by atoms with Gasteiger partial charge in [0, 0.05) is 31.3 Å². The molecule has 1 saturated heterocycles. The number of carbonyl (C=O) groups excluding carboxylic acids is 2. The second-order valence-corrected chi connectivity index (χ2v) is 12.7. The fourth-order valence-electron chi connectivity index (χ4n) is 6.10. The predicted octanol–water partition coefficient (Wildman–Crippen LogP) is 3.24. The monoisotopic (exact) mass is 502 g/mol. The molecule has 4 rings (SSSR count). The number of nitrogens with one attached hydrogen (secondary N) is 1. The largest absolute Gasteiger partial charge is 0.343 e. The number of nitrogens with zero attached hydrogens (tertiary/aromatic N) is 2. The Morgan fingerprint density at radius 2 is 1.83 bits per heavy atom. The van der Waals surface area contributed by atoms with Crippen LogP contribution < -0.4 is 15.4 Å². The van der Waals surface area contributed by atoms with Crippen LogP contribution in [0.5, 0.6) is 0 Å². The number of anilines is 1. The first-order valence-electron chi connectivity index (χ1n) is 13.2. The SMILES string of the molecule is CS(=O)N1CC2(CCN(C(=O)[C@@H](CCC3CCCCC3)NC(=O)C(C)(C)N)CC2)c2ccccc21. The Hall–Kier alpha value is -1.93. The first-order valence-corrected chi connectivity index (χ1v) is 14.7. The highest BCUT2D eigenvalue weighted by molar-refractivity contribution is 7.85. The van der Waals surface area contributed by atoms with Crippen LogP contribution in [-0.4, -0.2) is 58.4 Å². The number of para-hydroxylation sites is 1. The molecule has 2 amide bonds. The maximum atomic E-state index is 13.7. The van der Waals surface area contributed by atoms with E-state index in [1.165, 1.54) is 37.7 Å². The molecule has 2 heterocycles. The van der Waals surface area contributed by atoms with Gasteiger partial charge in [-0.05, 0) is 57.1 Å². The van der Waals surface area contributed by atoms with Crippen LogP contribution in [0.3, 0.4) is 0 Å². The van der Waals surface area contributed by atoms with E-state index in [0.29, 0.717) is 25.4 Å². The minimum absolute atomic E-state index is 0.00969. The molecule has 2 fully saturated rings. The zero-order chi connectivity index (χ0) is 25.2. The Morgan fingerprint density at radius 1 is 1.17 bits per heavy atom. The van der Waals surface area contributed by atoms with E-state index in [9.17, 15) is 13.8 Å². The summed E-state index contributed by atoms with van der Waals surface area (Å²) in [7, 11) is -1.08. The van der Waals surface area contributed by atoms with Gasteiger partial charge < -0.3 is 16.0 Å². The van der Waals surface area contributed by atoms with Crippen LogP contribution in [0, 0.1) is 5.92 Å². The summed E-state index contributed by atoms with van der Waals surface area (Å²) in [6.45, 7) is 5.35. The lowest BCUT2D eigenvalue weighted by atomic mass is 9.74. The molecule has 1 aromatic carbocycles. The number of rotatable bonds is 7. The summed E-state index contributed by atoms with van der Waals surface area (Å²) < 4.78 is 14.4. The lowest BCUT2D eigenvalue weighted by Gasteiger charge is -2.41. The molecule has 3 aliphatic rings. The predicted molar refractivity (Wildman–Crippen MR) is 141 cm³/mol. The summed E-state index contributed by atoms with van der Waals surface area (Å²) in [5, 5.41) is 2.99. The lowest BCUT2D eigenvalue weighted by molar-refractivity contribution is -0.139. The van der Waals surface area contributed by atoms with Gasteiger partial charge in [0.15, 0.2) is 0 Å². The Kier molecular flexibility index (Phi) is 7.91. The third kappa shape index (κ3) is 5.74. The third-order valence-electron chi connectivity index (χ3n) is 8.31. The van der Waals surface area contributed by atoms with E-state index in [1.54, 1.807) is 20.1 Å². The molecular weight excluding hydrogens is 460 g/mol. The number of hydrogen-bond acceptors (Lipinski definition) is 4. The Labute approximate surface area is 212 Å². The molecule has 3 N–H and O–H groups in total. The molecule has 7 nitrogen and oxygen atoms in total. The number of amides is 2. The molecular formula is C27H42N4O3S. The summed E-state index contributed by atoms with van der Waals surface area (Å²) in [6, 6.07) is 7.71. The molecule has 194 valence electrons. The average Bonchev–Trinajstić information content (AvgIpc) is 3.16. The second-order valence-electron chi connectivity index (χ2n) is 11.4. The fraction of sp³-hybridized carbons (Fsp3) is 0.704. The van der Waals surface area contributed by atoms with Crippen molar-refractivity contribution in [2.24, 2.45) is 11.7 Å². The summed E-state index contributed by atoms with van der Waals surface area (Å²) >= 11 is 0. The Balaban J connectivity index is 1.44. The van der Waals surface area contributed by atoms with Crippen molar-refractivity contribution in [2.75, 3.05) is 30.2 Å². The number of nitrogens with two attached hydrogens (primary N) is 1. The normalized spacial score (nSPS) is 22.1. The number of hydrogen-bond donors (Lipinski definition) is 2. The van der Waals surface area contributed by atoms with Crippen molar-refractivity contribution in [1.29, 1.82) is 0 Å². The van der Waals surface area contributed by atoms with E-state index in [1.807, 2.05) is 21.3 Å². The van der Waals surface area contributed by atoms with Crippen LogP contribution in [0.25, 0.3) is 0 Å². The Morgan fingerprint density at radius 3 is 2.46 bits per heavy atom. The summed E-state index contributed by atoms with van der Waals surface area (Å²) in [5.41, 5.74) is 7.23. The average molecular weight is 503 g/mol. The highest BCUT2D eigenvalue weighted by Crippen LogP contribution is 2.47. The van der Waals surface area contributed by atoms with Gasteiger partial charge in [0.05, 0.1) is 11.2 Å². The van der Waals surface area contributed by atoms with Crippen molar-refractivity contribution in [3.05, 3.63) is 29.8 Å². The van der Waals surface area contributed by atoms with Gasteiger partial charge in [0.25, 0.3) is 0 Å². The maximum Gasteiger partial charge on any atom is 0.245 e. The van der Waals surface area contributed by atoms with Crippen molar-refractivity contribution in [3.8, 4) is 0 Å². The molecule has 1 unspecified atom stereocenters. The van der Waals surface area contributed by atoms with Crippen molar-refractivity contribution in [3.63, 3.8) is 0 Å². The van der Waals surface area contributed by atoms with E-state index in [4.69, 9.17) is 5.73 Å². The smallest absolute Gasteiger partial charge is 0.245 e. The molecule has 0 aromatic heterocycles. The highest BCUT2D eigenvalue weighted by atomic mass is 32.2. The van der Waals surface area contributed by atoms with Crippen molar-refractivity contribution < 1.29 is 13.8 Å². The van der Waals surface area contributed by atoms with Gasteiger partial charge in [-0.1, -0.05) is 50.3 Å². The molecule has 0 radical (unpaired) electrons. The van der Waals surface area contributed by atoms with Gasteiger partial charge in [0.2, 0.25) is 11.8 Å². The van der Waals surface area contributed by atoms with Crippen LogP contribution in [0.2, 0.25) is 0 Å². The van der Waals surface area contributed by atoms with Crippen LogP contribution >= 0.6 is 0 Å². The molecule has 2 aliphatic heterocycles. The maximum absolute atomic E-state index is 13.7.